The van der Waals surface area contributed by atoms with Gasteiger partial charge in [-0.15, -0.1) is 0 Å². The van der Waals surface area contributed by atoms with E-state index in [0.717, 1.165) is 38.1 Å². The first-order chi connectivity index (χ1) is 12.7. The number of nitrogens with zero attached hydrogens (tertiary/aromatic N) is 3. The van der Waals surface area contributed by atoms with Crippen LogP contribution < -0.4 is 0 Å². The standard InChI is InChI=1S/C21H16ClN3S/c1-2-15-3-5-16(6-4-15)14-26-21-20-13-19(24-25(20)12-11-23-21)17-7-9-18(22)10-8-17/h2-13H,1,14H2. The number of hydrogen-bond donors (Lipinski definition) is 0. The number of rotatable bonds is 5. The molecular weight excluding hydrogens is 362 g/mol. The second-order valence-corrected chi connectivity index (χ2v) is 7.23. The van der Waals surface area contributed by atoms with E-state index in [0.29, 0.717) is 0 Å². The second kappa shape index (κ2) is 7.36. The molecule has 4 rings (SSSR count). The summed E-state index contributed by atoms with van der Waals surface area (Å²) in [5.41, 5.74) is 5.33. The predicted octanol–water partition coefficient (Wildman–Crippen LogP) is 5.99. The monoisotopic (exact) mass is 377 g/mol. The minimum atomic E-state index is 0.720. The van der Waals surface area contributed by atoms with E-state index in [9.17, 15) is 0 Å². The summed E-state index contributed by atoms with van der Waals surface area (Å²) in [6, 6.07) is 18.2. The summed E-state index contributed by atoms with van der Waals surface area (Å²) in [7, 11) is 0. The lowest BCUT2D eigenvalue weighted by atomic mass is 10.1. The van der Waals surface area contributed by atoms with Crippen LogP contribution in [-0.4, -0.2) is 14.6 Å². The molecule has 2 aromatic heterocycles. The summed E-state index contributed by atoms with van der Waals surface area (Å²) in [5, 5.41) is 6.35. The molecular formula is C21H16ClN3S. The Balaban J connectivity index is 1.60. The van der Waals surface area contributed by atoms with Gasteiger partial charge < -0.3 is 0 Å². The van der Waals surface area contributed by atoms with Crippen molar-refractivity contribution in [1.82, 2.24) is 14.6 Å². The number of hydrogen-bond acceptors (Lipinski definition) is 3. The Bertz CT molecular complexity index is 1050. The molecule has 0 atom stereocenters. The molecule has 0 unspecified atom stereocenters. The molecule has 0 aliphatic carbocycles. The van der Waals surface area contributed by atoms with Crippen LogP contribution in [-0.2, 0) is 5.75 Å². The van der Waals surface area contributed by atoms with Crippen molar-refractivity contribution >= 4 is 35.0 Å². The first-order valence-corrected chi connectivity index (χ1v) is 9.54. The second-order valence-electron chi connectivity index (χ2n) is 5.83. The van der Waals surface area contributed by atoms with E-state index < -0.39 is 0 Å². The van der Waals surface area contributed by atoms with Crippen LogP contribution in [0.15, 0.2) is 78.6 Å². The van der Waals surface area contributed by atoms with E-state index in [2.05, 4.69) is 47.0 Å². The third-order valence-corrected chi connectivity index (χ3v) is 5.40. The Morgan fingerprint density at radius 1 is 1.08 bits per heavy atom. The molecule has 3 nitrogen and oxygen atoms in total. The van der Waals surface area contributed by atoms with Gasteiger partial charge in [-0.05, 0) is 29.3 Å². The number of thioether (sulfide) groups is 1. The summed E-state index contributed by atoms with van der Waals surface area (Å²) in [4.78, 5) is 4.54. The van der Waals surface area contributed by atoms with Gasteiger partial charge in [0.15, 0.2) is 0 Å². The van der Waals surface area contributed by atoms with Gasteiger partial charge in [-0.3, -0.25) is 0 Å². The van der Waals surface area contributed by atoms with Gasteiger partial charge in [0.25, 0.3) is 0 Å². The highest BCUT2D eigenvalue weighted by Crippen LogP contribution is 2.28. The Morgan fingerprint density at radius 2 is 1.85 bits per heavy atom. The fraction of sp³-hybridized carbons (Fsp3) is 0.0476. The third kappa shape index (κ3) is 3.52. The molecule has 0 radical (unpaired) electrons. The van der Waals surface area contributed by atoms with Crippen LogP contribution in [0.25, 0.3) is 22.9 Å². The zero-order valence-electron chi connectivity index (χ0n) is 14.0. The summed E-state index contributed by atoms with van der Waals surface area (Å²) in [5.74, 6) is 0.853. The molecule has 0 fully saturated rings. The molecule has 0 aliphatic heterocycles. The van der Waals surface area contributed by atoms with Crippen LogP contribution in [0.3, 0.4) is 0 Å². The van der Waals surface area contributed by atoms with Gasteiger partial charge in [0, 0.05) is 28.7 Å². The van der Waals surface area contributed by atoms with E-state index >= 15 is 0 Å². The van der Waals surface area contributed by atoms with Crippen molar-refractivity contribution in [2.75, 3.05) is 0 Å². The van der Waals surface area contributed by atoms with Crippen LogP contribution in [0.4, 0.5) is 0 Å². The highest BCUT2D eigenvalue weighted by Gasteiger charge is 2.10. The lowest BCUT2D eigenvalue weighted by Gasteiger charge is -2.03. The fourth-order valence-electron chi connectivity index (χ4n) is 2.67. The van der Waals surface area contributed by atoms with E-state index in [1.54, 1.807) is 18.0 Å². The molecule has 0 N–H and O–H groups in total. The SMILES string of the molecule is C=Cc1ccc(CSc2nccn3nc(-c4ccc(Cl)cc4)cc23)cc1. The molecule has 5 heteroatoms. The first kappa shape index (κ1) is 16.9. The highest BCUT2D eigenvalue weighted by molar-refractivity contribution is 7.98. The average Bonchev–Trinajstić information content (AvgIpc) is 3.12. The molecule has 128 valence electrons. The number of benzene rings is 2. The summed E-state index contributed by atoms with van der Waals surface area (Å²) < 4.78 is 1.88. The van der Waals surface area contributed by atoms with E-state index in [1.807, 2.05) is 41.1 Å². The zero-order valence-corrected chi connectivity index (χ0v) is 15.5. The van der Waals surface area contributed by atoms with Crippen molar-refractivity contribution in [2.45, 2.75) is 10.8 Å². The van der Waals surface area contributed by atoms with Crippen molar-refractivity contribution in [3.8, 4) is 11.3 Å². The lowest BCUT2D eigenvalue weighted by Crippen LogP contribution is -1.91. The number of aromatic nitrogens is 3. The number of halogens is 1. The van der Waals surface area contributed by atoms with E-state index in [4.69, 9.17) is 11.6 Å². The first-order valence-electron chi connectivity index (χ1n) is 8.17. The van der Waals surface area contributed by atoms with Gasteiger partial charge in [0.1, 0.15) is 5.03 Å². The van der Waals surface area contributed by atoms with Crippen molar-refractivity contribution < 1.29 is 0 Å². The molecule has 2 aromatic carbocycles. The molecule has 0 aliphatic rings. The Labute approximate surface area is 161 Å². The maximum atomic E-state index is 5.98. The minimum Gasteiger partial charge on any atom is -0.246 e. The smallest absolute Gasteiger partial charge is 0.122 e. The van der Waals surface area contributed by atoms with Gasteiger partial charge in [-0.25, -0.2) is 9.50 Å². The van der Waals surface area contributed by atoms with E-state index in [1.165, 1.54) is 5.56 Å². The fourth-order valence-corrected chi connectivity index (χ4v) is 3.73. The summed E-state index contributed by atoms with van der Waals surface area (Å²) in [6.07, 6.45) is 5.51. The molecule has 0 bridgehead atoms. The quantitative estimate of drug-likeness (QED) is 0.400. The Hall–Kier alpha value is -2.56. The molecule has 2 heterocycles. The molecule has 0 saturated heterocycles. The topological polar surface area (TPSA) is 30.2 Å². The molecule has 0 amide bonds. The maximum absolute atomic E-state index is 5.98. The molecule has 4 aromatic rings. The van der Waals surface area contributed by atoms with Gasteiger partial charge in [0.2, 0.25) is 0 Å². The van der Waals surface area contributed by atoms with E-state index in [-0.39, 0.29) is 0 Å². The number of fused-ring (bicyclic) bond motifs is 1. The van der Waals surface area contributed by atoms with Crippen LogP contribution >= 0.6 is 23.4 Å². The third-order valence-electron chi connectivity index (χ3n) is 4.09. The maximum Gasteiger partial charge on any atom is 0.122 e. The van der Waals surface area contributed by atoms with Crippen LogP contribution in [0.5, 0.6) is 0 Å². The van der Waals surface area contributed by atoms with Crippen molar-refractivity contribution in [2.24, 2.45) is 0 Å². The molecule has 0 spiro atoms. The Kier molecular flexibility index (Phi) is 4.78. The van der Waals surface area contributed by atoms with Crippen LogP contribution in [0.1, 0.15) is 11.1 Å². The van der Waals surface area contributed by atoms with Crippen molar-refractivity contribution in [1.29, 1.82) is 0 Å². The van der Waals surface area contributed by atoms with Crippen molar-refractivity contribution in [3.05, 3.63) is 89.7 Å². The molecule has 0 saturated carbocycles. The lowest BCUT2D eigenvalue weighted by molar-refractivity contribution is 0.920. The van der Waals surface area contributed by atoms with Gasteiger partial charge >= 0.3 is 0 Å². The summed E-state index contributed by atoms with van der Waals surface area (Å²) >= 11 is 7.69. The largest absolute Gasteiger partial charge is 0.246 e. The van der Waals surface area contributed by atoms with Crippen molar-refractivity contribution in [3.63, 3.8) is 0 Å². The minimum absolute atomic E-state index is 0.720. The predicted molar refractivity (Wildman–Crippen MR) is 110 cm³/mol. The normalized spacial score (nSPS) is 11.0. The van der Waals surface area contributed by atoms with Gasteiger partial charge in [0.05, 0.1) is 11.2 Å². The highest BCUT2D eigenvalue weighted by atomic mass is 35.5. The summed E-state index contributed by atoms with van der Waals surface area (Å²) in [6.45, 7) is 3.79. The Morgan fingerprint density at radius 3 is 2.58 bits per heavy atom. The van der Waals surface area contributed by atoms with Crippen LogP contribution in [0.2, 0.25) is 5.02 Å². The van der Waals surface area contributed by atoms with Gasteiger partial charge in [-0.2, -0.15) is 5.10 Å². The zero-order chi connectivity index (χ0) is 17.9. The average molecular weight is 378 g/mol. The van der Waals surface area contributed by atoms with Gasteiger partial charge in [-0.1, -0.05) is 72.4 Å². The van der Waals surface area contributed by atoms with Crippen LogP contribution in [0, 0.1) is 0 Å². The molecule has 26 heavy (non-hydrogen) atoms.